The van der Waals surface area contributed by atoms with E-state index in [-0.39, 0.29) is 6.04 Å². The van der Waals surface area contributed by atoms with E-state index in [2.05, 4.69) is 58.6 Å². The summed E-state index contributed by atoms with van der Waals surface area (Å²) >= 11 is 6.24. The van der Waals surface area contributed by atoms with Crippen molar-refractivity contribution in [2.45, 2.75) is 25.3 Å². The molecule has 3 aromatic rings. The van der Waals surface area contributed by atoms with E-state index in [0.29, 0.717) is 6.67 Å². The van der Waals surface area contributed by atoms with Crippen molar-refractivity contribution in [2.75, 3.05) is 26.8 Å². The molecule has 4 N–H and O–H groups in total. The third kappa shape index (κ3) is 3.76. The van der Waals surface area contributed by atoms with Gasteiger partial charge in [-0.3, -0.25) is 4.90 Å². The number of H-pyrrole nitrogens is 1. The number of likely N-dealkylation sites (N-methyl/N-ethyl adjacent to an activating group) is 1. The molecule has 1 aliphatic heterocycles. The lowest BCUT2D eigenvalue weighted by atomic mass is 9.92. The highest BCUT2D eigenvalue weighted by molar-refractivity contribution is 6.31. The van der Waals surface area contributed by atoms with Gasteiger partial charge in [-0.15, -0.1) is 0 Å². The molecule has 0 bridgehead atoms. The van der Waals surface area contributed by atoms with E-state index < -0.39 is 0 Å². The Kier molecular flexibility index (Phi) is 5.50. The maximum absolute atomic E-state index is 6.24. The van der Waals surface area contributed by atoms with Gasteiger partial charge in [0.05, 0.1) is 6.04 Å². The van der Waals surface area contributed by atoms with Gasteiger partial charge in [0.25, 0.3) is 0 Å². The van der Waals surface area contributed by atoms with Crippen LogP contribution in [0.15, 0.2) is 42.5 Å². The summed E-state index contributed by atoms with van der Waals surface area (Å²) in [6, 6.07) is 15.5. The molecule has 0 amide bonds. The summed E-state index contributed by atoms with van der Waals surface area (Å²) in [5.41, 5.74) is 12.1. The van der Waals surface area contributed by atoms with Crippen LogP contribution in [0.25, 0.3) is 10.9 Å². The molecule has 0 aliphatic carbocycles. The zero-order valence-electron chi connectivity index (χ0n) is 15.8. The second-order valence-electron chi connectivity index (χ2n) is 7.39. The Bertz CT molecular complexity index is 916. The Balaban J connectivity index is 1.61. The number of hydrogen-bond donors (Lipinski definition) is 3. The fraction of sp³-hybridized carbons (Fsp3) is 0.364. The second kappa shape index (κ2) is 8.03. The van der Waals surface area contributed by atoms with Crippen molar-refractivity contribution in [3.8, 4) is 0 Å². The van der Waals surface area contributed by atoms with Crippen molar-refractivity contribution >= 4 is 22.5 Å². The molecule has 2 aromatic carbocycles. The lowest BCUT2D eigenvalue weighted by Gasteiger charge is -2.33. The molecule has 1 atom stereocenters. The van der Waals surface area contributed by atoms with Gasteiger partial charge >= 0.3 is 0 Å². The van der Waals surface area contributed by atoms with E-state index in [0.717, 1.165) is 37.4 Å². The van der Waals surface area contributed by atoms with Crippen LogP contribution in [0.2, 0.25) is 5.02 Å². The van der Waals surface area contributed by atoms with Crippen molar-refractivity contribution in [1.29, 1.82) is 0 Å². The molecule has 1 unspecified atom stereocenters. The smallest absolute Gasteiger partial charge is 0.0754 e. The van der Waals surface area contributed by atoms with E-state index in [1.807, 2.05) is 6.07 Å². The Morgan fingerprint density at radius 3 is 2.81 bits per heavy atom. The highest BCUT2D eigenvalue weighted by Gasteiger charge is 2.29. The number of nitrogens with one attached hydrogen (secondary N) is 2. The first-order valence-electron chi connectivity index (χ1n) is 9.67. The fourth-order valence-electron chi connectivity index (χ4n) is 4.19. The highest BCUT2D eigenvalue weighted by atomic mass is 35.5. The van der Waals surface area contributed by atoms with Crippen LogP contribution in [-0.4, -0.2) is 36.7 Å². The topological polar surface area (TPSA) is 57.1 Å². The van der Waals surface area contributed by atoms with Crippen molar-refractivity contribution in [3.05, 3.63) is 69.9 Å². The van der Waals surface area contributed by atoms with Crippen molar-refractivity contribution in [1.82, 2.24) is 15.2 Å². The van der Waals surface area contributed by atoms with Gasteiger partial charge in [-0.2, -0.15) is 0 Å². The van der Waals surface area contributed by atoms with Crippen LogP contribution in [0.4, 0.5) is 0 Å². The normalized spacial score (nSPS) is 17.4. The van der Waals surface area contributed by atoms with Gasteiger partial charge in [-0.1, -0.05) is 35.9 Å². The summed E-state index contributed by atoms with van der Waals surface area (Å²) in [7, 11) is 2.21. The summed E-state index contributed by atoms with van der Waals surface area (Å²) in [6.07, 6.45) is 3.23. The summed E-state index contributed by atoms with van der Waals surface area (Å²) in [5.74, 6) is 0. The number of hydrogen-bond acceptors (Lipinski definition) is 3. The number of nitrogens with zero attached hydrogens (tertiary/aromatic N) is 1. The number of aryl methyl sites for hydroxylation is 1. The Labute approximate surface area is 165 Å². The molecular weight excluding hydrogens is 356 g/mol. The molecule has 4 nitrogen and oxygen atoms in total. The van der Waals surface area contributed by atoms with E-state index in [1.165, 1.54) is 33.3 Å². The summed E-state index contributed by atoms with van der Waals surface area (Å²) in [4.78, 5) is 6.09. The molecular formula is C22H27ClN4. The van der Waals surface area contributed by atoms with Crippen LogP contribution in [0, 0.1) is 0 Å². The van der Waals surface area contributed by atoms with Gasteiger partial charge in [-0.05, 0) is 67.7 Å². The average Bonchev–Trinajstić information content (AvgIpc) is 3.03. The van der Waals surface area contributed by atoms with Crippen molar-refractivity contribution in [2.24, 2.45) is 5.73 Å². The van der Waals surface area contributed by atoms with Crippen LogP contribution in [-0.2, 0) is 12.8 Å². The van der Waals surface area contributed by atoms with Gasteiger partial charge in [0.15, 0.2) is 0 Å². The number of fused-ring (bicyclic) bond motifs is 3. The lowest BCUT2D eigenvalue weighted by Crippen LogP contribution is -2.32. The Morgan fingerprint density at radius 2 is 2.04 bits per heavy atom. The standard InChI is InChI=1S/C22H27ClN4/c1-27-12-10-18-19-13-17(23)8-9-20(19)26-21(18)22(27)16-6-4-15(5-7-16)3-2-11-25-14-24/h4-9,13,22,25-26H,2-3,10-12,14,24H2,1H3. The fourth-order valence-corrected chi connectivity index (χ4v) is 4.36. The minimum Gasteiger partial charge on any atom is -0.357 e. The number of aromatic amines is 1. The summed E-state index contributed by atoms with van der Waals surface area (Å²) < 4.78 is 0. The molecule has 1 aliphatic rings. The highest BCUT2D eigenvalue weighted by Crippen LogP contribution is 2.38. The second-order valence-corrected chi connectivity index (χ2v) is 7.83. The third-order valence-electron chi connectivity index (χ3n) is 5.59. The van der Waals surface area contributed by atoms with Crippen molar-refractivity contribution in [3.63, 3.8) is 0 Å². The first-order valence-corrected chi connectivity index (χ1v) is 10.0. The van der Waals surface area contributed by atoms with Crippen LogP contribution >= 0.6 is 11.6 Å². The first-order chi connectivity index (χ1) is 13.2. The monoisotopic (exact) mass is 382 g/mol. The molecule has 0 saturated carbocycles. The third-order valence-corrected chi connectivity index (χ3v) is 5.82. The molecule has 5 heteroatoms. The number of aromatic nitrogens is 1. The van der Waals surface area contributed by atoms with E-state index >= 15 is 0 Å². The first kappa shape index (κ1) is 18.5. The molecule has 0 saturated heterocycles. The van der Waals surface area contributed by atoms with Gasteiger partial charge in [0.2, 0.25) is 0 Å². The molecule has 0 fully saturated rings. The minimum absolute atomic E-state index is 0.257. The molecule has 0 spiro atoms. The molecule has 4 rings (SSSR count). The zero-order valence-corrected chi connectivity index (χ0v) is 16.5. The molecule has 0 radical (unpaired) electrons. The van der Waals surface area contributed by atoms with E-state index in [4.69, 9.17) is 17.3 Å². The molecule has 2 heterocycles. The molecule has 27 heavy (non-hydrogen) atoms. The maximum atomic E-state index is 6.24. The SMILES string of the molecule is CN1CCc2c([nH]c3ccc(Cl)cc23)C1c1ccc(CCCNCN)cc1. The summed E-state index contributed by atoms with van der Waals surface area (Å²) in [6.45, 7) is 2.55. The quantitative estimate of drug-likeness (QED) is 0.448. The minimum atomic E-state index is 0.257. The zero-order chi connectivity index (χ0) is 18.8. The maximum Gasteiger partial charge on any atom is 0.0754 e. The predicted octanol–water partition coefficient (Wildman–Crippen LogP) is 3.84. The molecule has 142 valence electrons. The van der Waals surface area contributed by atoms with Gasteiger partial charge < -0.3 is 16.0 Å². The van der Waals surface area contributed by atoms with Crippen LogP contribution in [0.1, 0.15) is 34.8 Å². The Hall–Kier alpha value is -1.85. The van der Waals surface area contributed by atoms with Gasteiger partial charge in [0, 0.05) is 34.8 Å². The van der Waals surface area contributed by atoms with E-state index in [1.54, 1.807) is 0 Å². The predicted molar refractivity (Wildman–Crippen MR) is 113 cm³/mol. The number of benzene rings is 2. The lowest BCUT2D eigenvalue weighted by molar-refractivity contribution is 0.261. The van der Waals surface area contributed by atoms with Crippen LogP contribution in [0.3, 0.4) is 0 Å². The molecule has 1 aromatic heterocycles. The number of nitrogens with two attached hydrogens (primary N) is 1. The van der Waals surface area contributed by atoms with Gasteiger partial charge in [-0.25, -0.2) is 0 Å². The largest absolute Gasteiger partial charge is 0.357 e. The summed E-state index contributed by atoms with van der Waals surface area (Å²) in [5, 5.41) is 5.24. The number of halogens is 1. The van der Waals surface area contributed by atoms with Crippen molar-refractivity contribution < 1.29 is 0 Å². The van der Waals surface area contributed by atoms with Gasteiger partial charge in [0.1, 0.15) is 0 Å². The van der Waals surface area contributed by atoms with Crippen LogP contribution in [0.5, 0.6) is 0 Å². The number of rotatable bonds is 6. The van der Waals surface area contributed by atoms with E-state index in [9.17, 15) is 0 Å². The van der Waals surface area contributed by atoms with Crippen LogP contribution < -0.4 is 11.1 Å². The Morgan fingerprint density at radius 1 is 1.22 bits per heavy atom. The average molecular weight is 383 g/mol.